The molecule has 0 saturated heterocycles. The van der Waals surface area contributed by atoms with Crippen LogP contribution in [0.1, 0.15) is 33.3 Å². The molecule has 1 atom stereocenters. The standard InChI is InChI=1S/C15H24N2O2/c1-11-8-6-7-9-13(11)17-12(2)10-16-14(18)19-15(3,4)5/h6-9,12,17H,10H2,1-5H3,(H,16,18). The predicted molar refractivity (Wildman–Crippen MR) is 78.5 cm³/mol. The molecule has 0 aliphatic carbocycles. The van der Waals surface area contributed by atoms with Crippen molar-refractivity contribution in [2.45, 2.75) is 46.3 Å². The number of ether oxygens (including phenoxy) is 1. The third-order valence-electron chi connectivity index (χ3n) is 2.50. The molecule has 0 bridgehead atoms. The number of para-hydroxylation sites is 1. The Morgan fingerprint density at radius 1 is 1.32 bits per heavy atom. The molecule has 1 amide bonds. The maximum absolute atomic E-state index is 11.5. The van der Waals surface area contributed by atoms with Crippen LogP contribution in [0.25, 0.3) is 0 Å². The molecule has 1 aromatic carbocycles. The van der Waals surface area contributed by atoms with Gasteiger partial charge in [-0.15, -0.1) is 0 Å². The molecule has 0 spiro atoms. The molecule has 0 aliphatic rings. The van der Waals surface area contributed by atoms with Crippen LogP contribution in [0.5, 0.6) is 0 Å². The fourth-order valence-electron chi connectivity index (χ4n) is 1.60. The van der Waals surface area contributed by atoms with E-state index in [1.54, 1.807) is 0 Å². The van der Waals surface area contributed by atoms with Crippen molar-refractivity contribution in [3.63, 3.8) is 0 Å². The third-order valence-corrected chi connectivity index (χ3v) is 2.50. The van der Waals surface area contributed by atoms with Crippen molar-refractivity contribution in [3.8, 4) is 0 Å². The fraction of sp³-hybridized carbons (Fsp3) is 0.533. The van der Waals surface area contributed by atoms with Gasteiger partial charge in [0.2, 0.25) is 0 Å². The zero-order valence-electron chi connectivity index (χ0n) is 12.4. The molecular weight excluding hydrogens is 240 g/mol. The van der Waals surface area contributed by atoms with Crippen molar-refractivity contribution in [2.75, 3.05) is 11.9 Å². The summed E-state index contributed by atoms with van der Waals surface area (Å²) in [6.07, 6.45) is -0.383. The van der Waals surface area contributed by atoms with E-state index in [4.69, 9.17) is 4.74 Å². The maximum atomic E-state index is 11.5. The molecule has 0 heterocycles. The van der Waals surface area contributed by atoms with Crippen molar-refractivity contribution in [1.29, 1.82) is 0 Å². The summed E-state index contributed by atoms with van der Waals surface area (Å²) in [6, 6.07) is 8.21. The lowest BCUT2D eigenvalue weighted by molar-refractivity contribution is 0.0526. The highest BCUT2D eigenvalue weighted by atomic mass is 16.6. The number of carbonyl (C=O) groups is 1. The van der Waals surface area contributed by atoms with Crippen LogP contribution >= 0.6 is 0 Å². The second kappa shape index (κ2) is 6.45. The van der Waals surface area contributed by atoms with E-state index in [0.717, 1.165) is 5.69 Å². The van der Waals surface area contributed by atoms with Crippen LogP contribution in [0.4, 0.5) is 10.5 Å². The van der Waals surface area contributed by atoms with Crippen molar-refractivity contribution < 1.29 is 9.53 Å². The van der Waals surface area contributed by atoms with Gasteiger partial charge in [0.15, 0.2) is 0 Å². The van der Waals surface area contributed by atoms with Gasteiger partial charge in [-0.3, -0.25) is 0 Å². The van der Waals surface area contributed by atoms with E-state index in [9.17, 15) is 4.79 Å². The van der Waals surface area contributed by atoms with Gasteiger partial charge < -0.3 is 15.4 Å². The first-order valence-electron chi connectivity index (χ1n) is 6.57. The zero-order valence-corrected chi connectivity index (χ0v) is 12.4. The molecule has 4 nitrogen and oxygen atoms in total. The lowest BCUT2D eigenvalue weighted by Crippen LogP contribution is -2.38. The van der Waals surface area contributed by atoms with Crippen molar-refractivity contribution in [2.24, 2.45) is 0 Å². The number of aryl methyl sites for hydroxylation is 1. The topological polar surface area (TPSA) is 50.4 Å². The SMILES string of the molecule is Cc1ccccc1NC(C)CNC(=O)OC(C)(C)C. The first kappa shape index (κ1) is 15.3. The highest BCUT2D eigenvalue weighted by Crippen LogP contribution is 2.14. The Hall–Kier alpha value is -1.71. The normalized spacial score (nSPS) is 12.7. The lowest BCUT2D eigenvalue weighted by Gasteiger charge is -2.21. The number of anilines is 1. The Bertz CT molecular complexity index is 424. The van der Waals surface area contributed by atoms with Crippen LogP contribution in [0.15, 0.2) is 24.3 Å². The lowest BCUT2D eigenvalue weighted by atomic mass is 10.2. The number of carbonyl (C=O) groups excluding carboxylic acids is 1. The summed E-state index contributed by atoms with van der Waals surface area (Å²) in [6.45, 7) is 10.1. The number of hydrogen-bond acceptors (Lipinski definition) is 3. The molecule has 1 rings (SSSR count). The monoisotopic (exact) mass is 264 g/mol. The van der Waals surface area contributed by atoms with Crippen LogP contribution in [0.3, 0.4) is 0 Å². The Labute approximate surface area is 115 Å². The van der Waals surface area contributed by atoms with E-state index in [0.29, 0.717) is 6.54 Å². The molecule has 1 unspecified atom stereocenters. The summed E-state index contributed by atoms with van der Waals surface area (Å²) >= 11 is 0. The van der Waals surface area contributed by atoms with Gasteiger partial charge in [0, 0.05) is 18.3 Å². The second-order valence-electron chi connectivity index (χ2n) is 5.74. The average Bonchev–Trinajstić information content (AvgIpc) is 2.27. The molecule has 2 N–H and O–H groups in total. The van der Waals surface area contributed by atoms with Gasteiger partial charge in [-0.25, -0.2) is 4.79 Å². The minimum absolute atomic E-state index is 0.133. The van der Waals surface area contributed by atoms with Gasteiger partial charge in [-0.1, -0.05) is 18.2 Å². The van der Waals surface area contributed by atoms with Crippen LogP contribution in [0.2, 0.25) is 0 Å². The van der Waals surface area contributed by atoms with E-state index in [-0.39, 0.29) is 12.1 Å². The minimum atomic E-state index is -0.462. The Kier molecular flexibility index (Phi) is 5.21. The first-order chi connectivity index (χ1) is 8.78. The summed E-state index contributed by atoms with van der Waals surface area (Å²) in [7, 11) is 0. The van der Waals surface area contributed by atoms with Crippen LogP contribution in [-0.2, 0) is 4.74 Å². The molecule has 0 radical (unpaired) electrons. The molecule has 1 aromatic rings. The number of amides is 1. The number of benzene rings is 1. The highest BCUT2D eigenvalue weighted by Gasteiger charge is 2.16. The molecule has 106 valence electrons. The van der Waals surface area contributed by atoms with Crippen molar-refractivity contribution in [3.05, 3.63) is 29.8 Å². The van der Waals surface area contributed by atoms with E-state index < -0.39 is 5.60 Å². The number of hydrogen-bond donors (Lipinski definition) is 2. The second-order valence-corrected chi connectivity index (χ2v) is 5.74. The summed E-state index contributed by atoms with van der Waals surface area (Å²) in [4.78, 5) is 11.5. The largest absolute Gasteiger partial charge is 0.444 e. The highest BCUT2D eigenvalue weighted by molar-refractivity contribution is 5.67. The van der Waals surface area contributed by atoms with E-state index in [1.807, 2.05) is 45.9 Å². The zero-order chi connectivity index (χ0) is 14.5. The van der Waals surface area contributed by atoms with Gasteiger partial charge >= 0.3 is 6.09 Å². The summed E-state index contributed by atoms with van der Waals surface area (Å²) in [5.74, 6) is 0. The molecule has 19 heavy (non-hydrogen) atoms. The number of alkyl carbamates (subject to hydrolysis) is 1. The minimum Gasteiger partial charge on any atom is -0.444 e. The van der Waals surface area contributed by atoms with E-state index in [2.05, 4.69) is 23.6 Å². The van der Waals surface area contributed by atoms with E-state index in [1.165, 1.54) is 5.56 Å². The summed E-state index contributed by atoms with van der Waals surface area (Å²) in [5, 5.41) is 6.11. The van der Waals surface area contributed by atoms with Gasteiger partial charge in [0.25, 0.3) is 0 Å². The smallest absolute Gasteiger partial charge is 0.407 e. The summed E-state index contributed by atoms with van der Waals surface area (Å²) < 4.78 is 5.18. The number of nitrogens with one attached hydrogen (secondary N) is 2. The van der Waals surface area contributed by atoms with Gasteiger partial charge in [-0.2, -0.15) is 0 Å². The molecule has 0 fully saturated rings. The third kappa shape index (κ3) is 6.13. The molecule has 4 heteroatoms. The Morgan fingerprint density at radius 2 is 1.95 bits per heavy atom. The van der Waals surface area contributed by atoms with Gasteiger partial charge in [0.05, 0.1) is 0 Å². The van der Waals surface area contributed by atoms with Crippen LogP contribution < -0.4 is 10.6 Å². The number of rotatable bonds is 4. The van der Waals surface area contributed by atoms with Crippen LogP contribution in [0, 0.1) is 6.92 Å². The van der Waals surface area contributed by atoms with Crippen LogP contribution in [-0.4, -0.2) is 24.3 Å². The molecule has 0 aromatic heterocycles. The van der Waals surface area contributed by atoms with Gasteiger partial charge in [0.1, 0.15) is 5.60 Å². The molecule has 0 saturated carbocycles. The van der Waals surface area contributed by atoms with E-state index >= 15 is 0 Å². The van der Waals surface area contributed by atoms with Crippen molar-refractivity contribution >= 4 is 11.8 Å². The maximum Gasteiger partial charge on any atom is 0.407 e. The predicted octanol–water partition coefficient (Wildman–Crippen LogP) is 3.32. The molecular formula is C15H24N2O2. The van der Waals surface area contributed by atoms with Gasteiger partial charge in [-0.05, 0) is 46.2 Å². The first-order valence-corrected chi connectivity index (χ1v) is 6.57. The van der Waals surface area contributed by atoms with Crippen molar-refractivity contribution in [1.82, 2.24) is 5.32 Å². The quantitative estimate of drug-likeness (QED) is 0.877. The average molecular weight is 264 g/mol. The molecule has 0 aliphatic heterocycles. The Morgan fingerprint density at radius 3 is 2.53 bits per heavy atom. The fourth-order valence-corrected chi connectivity index (χ4v) is 1.60. The summed E-state index contributed by atoms with van der Waals surface area (Å²) in [5.41, 5.74) is 1.81. The Balaban J connectivity index is 2.38.